The standard InChI is InChI=1S/C26H33F2N5O2S/c1-17(2)29-25(34)30-19-5-8-21(9-6-19)36-32(4)20-7-10-23-22(15-20)31-24(26(3,27)28)33(23)16-18-11-13-35-14-12-18/h5-10,15,17-18H,11-14,16H2,1-4H3,(H2,29,30,34). The minimum atomic E-state index is -3.03. The number of hydrogen-bond donors (Lipinski definition) is 2. The summed E-state index contributed by atoms with van der Waals surface area (Å²) < 4.78 is 38.0. The Labute approximate surface area is 214 Å². The van der Waals surface area contributed by atoms with Crippen molar-refractivity contribution in [2.24, 2.45) is 5.92 Å². The van der Waals surface area contributed by atoms with Gasteiger partial charge in [0.2, 0.25) is 0 Å². The van der Waals surface area contributed by atoms with Gasteiger partial charge in [0.25, 0.3) is 0 Å². The molecule has 0 radical (unpaired) electrons. The molecule has 1 aromatic heterocycles. The third-order valence-electron chi connectivity index (χ3n) is 6.04. The first kappa shape index (κ1) is 26.2. The summed E-state index contributed by atoms with van der Waals surface area (Å²) in [5.74, 6) is -2.93. The summed E-state index contributed by atoms with van der Waals surface area (Å²) in [5.41, 5.74) is 2.83. The SMILES string of the molecule is CC(C)NC(=O)Nc1ccc(SN(C)c2ccc3c(c2)nc(C(C)(F)F)n3CC2CCOCC2)cc1. The molecule has 4 rings (SSSR count). The van der Waals surface area contributed by atoms with E-state index in [1.807, 2.05) is 67.7 Å². The first-order valence-corrected chi connectivity index (χ1v) is 12.9. The number of alkyl halides is 2. The van der Waals surface area contributed by atoms with E-state index in [1.54, 1.807) is 4.57 Å². The predicted octanol–water partition coefficient (Wildman–Crippen LogP) is 6.25. The Bertz CT molecular complexity index is 1190. The number of hydrogen-bond acceptors (Lipinski definition) is 5. The largest absolute Gasteiger partial charge is 0.381 e. The normalized spacial score (nSPS) is 14.9. The lowest BCUT2D eigenvalue weighted by atomic mass is 10.00. The molecule has 0 bridgehead atoms. The predicted molar refractivity (Wildman–Crippen MR) is 141 cm³/mol. The third kappa shape index (κ3) is 6.47. The van der Waals surface area contributed by atoms with E-state index in [9.17, 15) is 13.6 Å². The van der Waals surface area contributed by atoms with Gasteiger partial charge in [-0.1, -0.05) is 0 Å². The number of benzene rings is 2. The highest BCUT2D eigenvalue weighted by atomic mass is 32.2. The molecule has 1 fully saturated rings. The van der Waals surface area contributed by atoms with Crippen LogP contribution >= 0.6 is 11.9 Å². The molecule has 2 aromatic carbocycles. The number of nitrogens with one attached hydrogen (secondary N) is 2. The molecule has 1 aliphatic rings. The molecule has 1 saturated heterocycles. The molecular weight excluding hydrogens is 484 g/mol. The lowest BCUT2D eigenvalue weighted by molar-refractivity contribution is 0.00222. The van der Waals surface area contributed by atoms with Gasteiger partial charge in [0, 0.05) is 56.0 Å². The van der Waals surface area contributed by atoms with Crippen LogP contribution in [0.1, 0.15) is 39.4 Å². The second-order valence-electron chi connectivity index (χ2n) is 9.53. The molecule has 1 aliphatic heterocycles. The Kier molecular flexibility index (Phi) is 8.04. The van der Waals surface area contributed by atoms with Crippen molar-refractivity contribution >= 4 is 40.4 Å². The zero-order valence-corrected chi connectivity index (χ0v) is 21.9. The fourth-order valence-electron chi connectivity index (χ4n) is 4.26. The highest BCUT2D eigenvalue weighted by Gasteiger charge is 2.33. The van der Waals surface area contributed by atoms with Crippen LogP contribution in [0.2, 0.25) is 0 Å². The number of nitrogens with zero attached hydrogens (tertiary/aromatic N) is 3. The first-order valence-electron chi connectivity index (χ1n) is 12.2. The molecule has 0 saturated carbocycles. The summed E-state index contributed by atoms with van der Waals surface area (Å²) in [6.45, 7) is 6.56. The van der Waals surface area contributed by atoms with Crippen LogP contribution in [-0.2, 0) is 17.2 Å². The van der Waals surface area contributed by atoms with Crippen LogP contribution in [0.15, 0.2) is 47.4 Å². The fraction of sp³-hybridized carbons (Fsp3) is 0.462. The Hall–Kier alpha value is -2.85. The maximum absolute atomic E-state index is 14.5. The number of urea groups is 1. The zero-order chi connectivity index (χ0) is 25.9. The van der Waals surface area contributed by atoms with Crippen LogP contribution in [0.25, 0.3) is 11.0 Å². The topological polar surface area (TPSA) is 71.4 Å². The van der Waals surface area contributed by atoms with Crippen molar-refractivity contribution in [1.82, 2.24) is 14.9 Å². The monoisotopic (exact) mass is 517 g/mol. The number of rotatable bonds is 8. The molecule has 194 valence electrons. The molecule has 0 spiro atoms. The van der Waals surface area contributed by atoms with Gasteiger partial charge in [-0.2, -0.15) is 8.78 Å². The van der Waals surface area contributed by atoms with Crippen molar-refractivity contribution in [1.29, 1.82) is 0 Å². The van der Waals surface area contributed by atoms with E-state index < -0.39 is 5.92 Å². The van der Waals surface area contributed by atoms with Gasteiger partial charge in [-0.3, -0.25) is 0 Å². The van der Waals surface area contributed by atoms with E-state index in [2.05, 4.69) is 15.6 Å². The Balaban J connectivity index is 1.50. The van der Waals surface area contributed by atoms with Gasteiger partial charge >= 0.3 is 12.0 Å². The quantitative estimate of drug-likeness (QED) is 0.346. The first-order chi connectivity index (χ1) is 17.1. The van der Waals surface area contributed by atoms with Crippen LogP contribution < -0.4 is 14.9 Å². The van der Waals surface area contributed by atoms with Crippen molar-refractivity contribution < 1.29 is 18.3 Å². The van der Waals surface area contributed by atoms with Gasteiger partial charge in [-0.25, -0.2) is 9.78 Å². The summed E-state index contributed by atoms with van der Waals surface area (Å²) in [7, 11) is 1.92. The van der Waals surface area contributed by atoms with Gasteiger partial charge in [0.05, 0.1) is 11.0 Å². The summed E-state index contributed by atoms with van der Waals surface area (Å²) in [6, 6.07) is 13.0. The van der Waals surface area contributed by atoms with E-state index in [0.717, 1.165) is 35.9 Å². The zero-order valence-electron chi connectivity index (χ0n) is 21.1. The molecule has 7 nitrogen and oxygen atoms in total. The lowest BCUT2D eigenvalue weighted by Gasteiger charge is -2.24. The number of amides is 2. The second-order valence-corrected chi connectivity index (χ2v) is 10.7. The van der Waals surface area contributed by atoms with E-state index in [-0.39, 0.29) is 17.9 Å². The van der Waals surface area contributed by atoms with Gasteiger partial charge in [0.1, 0.15) is 0 Å². The van der Waals surface area contributed by atoms with Crippen LogP contribution in [0.4, 0.5) is 25.0 Å². The van der Waals surface area contributed by atoms with Crippen LogP contribution in [-0.4, -0.2) is 41.9 Å². The number of imidazole rings is 1. The second kappa shape index (κ2) is 11.0. The average Bonchev–Trinajstić information content (AvgIpc) is 3.18. The molecule has 10 heteroatoms. The minimum absolute atomic E-state index is 0.0544. The van der Waals surface area contributed by atoms with Gasteiger partial charge in [0.15, 0.2) is 5.82 Å². The number of carbonyl (C=O) groups is 1. The summed E-state index contributed by atoms with van der Waals surface area (Å²) in [5, 5.41) is 5.59. The van der Waals surface area contributed by atoms with E-state index in [4.69, 9.17) is 4.74 Å². The van der Waals surface area contributed by atoms with Crippen LogP contribution in [0, 0.1) is 5.92 Å². The smallest absolute Gasteiger partial charge is 0.319 e. The molecule has 0 atom stereocenters. The van der Waals surface area contributed by atoms with Crippen molar-refractivity contribution in [2.45, 2.75) is 57.0 Å². The van der Waals surface area contributed by atoms with Crippen LogP contribution in [0.3, 0.4) is 0 Å². The maximum Gasteiger partial charge on any atom is 0.319 e. The molecule has 0 unspecified atom stereocenters. The molecule has 0 aliphatic carbocycles. The number of halogens is 2. The lowest BCUT2D eigenvalue weighted by Crippen LogP contribution is -2.34. The molecular formula is C26H33F2N5O2S. The summed E-state index contributed by atoms with van der Waals surface area (Å²) in [4.78, 5) is 17.2. The van der Waals surface area contributed by atoms with Crippen molar-refractivity contribution in [2.75, 3.05) is 29.9 Å². The van der Waals surface area contributed by atoms with Gasteiger partial charge < -0.3 is 24.2 Å². The van der Waals surface area contributed by atoms with Gasteiger partial charge in [-0.05, 0) is 87.0 Å². The molecule has 36 heavy (non-hydrogen) atoms. The van der Waals surface area contributed by atoms with Crippen molar-refractivity contribution in [3.8, 4) is 0 Å². The van der Waals surface area contributed by atoms with E-state index >= 15 is 0 Å². The number of fused-ring (bicyclic) bond motifs is 1. The molecule has 2 amide bonds. The number of aromatic nitrogens is 2. The average molecular weight is 518 g/mol. The van der Waals surface area contributed by atoms with Crippen molar-refractivity contribution in [3.63, 3.8) is 0 Å². The van der Waals surface area contributed by atoms with E-state index in [0.29, 0.717) is 36.9 Å². The van der Waals surface area contributed by atoms with E-state index in [1.165, 1.54) is 11.9 Å². The fourth-order valence-corrected chi connectivity index (χ4v) is 5.05. The Morgan fingerprint density at radius 3 is 2.56 bits per heavy atom. The number of ether oxygens (including phenoxy) is 1. The minimum Gasteiger partial charge on any atom is -0.381 e. The summed E-state index contributed by atoms with van der Waals surface area (Å²) in [6.07, 6.45) is 1.73. The molecule has 2 N–H and O–H groups in total. The van der Waals surface area contributed by atoms with Crippen molar-refractivity contribution in [3.05, 3.63) is 48.3 Å². The van der Waals surface area contributed by atoms with Crippen LogP contribution in [0.5, 0.6) is 0 Å². The summed E-state index contributed by atoms with van der Waals surface area (Å²) >= 11 is 1.50. The highest BCUT2D eigenvalue weighted by Crippen LogP contribution is 2.35. The molecule has 3 aromatic rings. The highest BCUT2D eigenvalue weighted by molar-refractivity contribution is 8.00. The molecule has 2 heterocycles. The Morgan fingerprint density at radius 1 is 1.22 bits per heavy atom. The number of anilines is 2. The van der Waals surface area contributed by atoms with Gasteiger partial charge in [-0.15, -0.1) is 0 Å². The number of carbonyl (C=O) groups excluding carboxylic acids is 1. The third-order valence-corrected chi connectivity index (χ3v) is 7.01. The Morgan fingerprint density at radius 2 is 1.92 bits per heavy atom. The maximum atomic E-state index is 14.5.